The molecule has 0 aromatic heterocycles. The second-order valence-corrected chi connectivity index (χ2v) is 5.37. The maximum Gasteiger partial charge on any atom is 0.129 e. The third-order valence-corrected chi connectivity index (χ3v) is 3.70. The van der Waals surface area contributed by atoms with E-state index >= 15 is 0 Å². The van der Waals surface area contributed by atoms with Crippen LogP contribution in [-0.2, 0) is 0 Å². The fourth-order valence-electron chi connectivity index (χ4n) is 2.01. The highest BCUT2D eigenvalue weighted by Crippen LogP contribution is 2.33. The van der Waals surface area contributed by atoms with Crippen LogP contribution in [0.25, 0.3) is 0 Å². The Morgan fingerprint density at radius 1 is 1.00 bits per heavy atom. The van der Waals surface area contributed by atoms with E-state index in [1.54, 1.807) is 26.0 Å². The van der Waals surface area contributed by atoms with Gasteiger partial charge in [-0.15, -0.1) is 11.6 Å². The van der Waals surface area contributed by atoms with Crippen molar-refractivity contribution in [1.82, 2.24) is 0 Å². The van der Waals surface area contributed by atoms with Gasteiger partial charge in [-0.1, -0.05) is 23.7 Å². The molecule has 0 spiro atoms. The summed E-state index contributed by atoms with van der Waals surface area (Å²) >= 11 is 12.1. The van der Waals surface area contributed by atoms with Crippen molar-refractivity contribution in [3.8, 4) is 0 Å². The molecule has 0 heterocycles. The average Bonchev–Trinajstić information content (AvgIpc) is 2.37. The zero-order valence-electron chi connectivity index (χ0n) is 10.5. The fraction of sp³-hybridized carbons (Fsp3) is 0.200. The summed E-state index contributed by atoms with van der Waals surface area (Å²) in [5.74, 6) is -0.691. The van der Waals surface area contributed by atoms with Crippen molar-refractivity contribution in [2.45, 2.75) is 19.2 Å². The summed E-state index contributed by atoms with van der Waals surface area (Å²) in [6.45, 7) is 3.31. The van der Waals surface area contributed by atoms with Gasteiger partial charge in [-0.05, 0) is 48.7 Å². The lowest BCUT2D eigenvalue weighted by Gasteiger charge is -2.14. The van der Waals surface area contributed by atoms with Crippen LogP contribution in [-0.4, -0.2) is 0 Å². The third kappa shape index (κ3) is 2.90. The first-order valence-electron chi connectivity index (χ1n) is 5.76. The van der Waals surface area contributed by atoms with Gasteiger partial charge in [0.05, 0.1) is 5.38 Å². The summed E-state index contributed by atoms with van der Waals surface area (Å²) in [7, 11) is 0. The van der Waals surface area contributed by atoms with Crippen LogP contribution in [0.5, 0.6) is 0 Å². The summed E-state index contributed by atoms with van der Waals surface area (Å²) in [4.78, 5) is 0. The van der Waals surface area contributed by atoms with E-state index in [1.165, 1.54) is 18.2 Å². The molecular formula is C15H12Cl2F2. The Kier molecular flexibility index (Phi) is 4.12. The Morgan fingerprint density at radius 3 is 2.16 bits per heavy atom. The normalized spacial score (nSPS) is 12.5. The van der Waals surface area contributed by atoms with E-state index in [9.17, 15) is 8.78 Å². The highest BCUT2D eigenvalue weighted by Gasteiger charge is 2.17. The lowest BCUT2D eigenvalue weighted by molar-refractivity contribution is 0.605. The van der Waals surface area contributed by atoms with Crippen LogP contribution in [0.3, 0.4) is 0 Å². The molecular weight excluding hydrogens is 289 g/mol. The predicted molar refractivity (Wildman–Crippen MR) is 75.0 cm³/mol. The second-order valence-electron chi connectivity index (χ2n) is 4.50. The summed E-state index contributed by atoms with van der Waals surface area (Å²) in [6.07, 6.45) is 0. The molecule has 2 aromatic rings. The lowest BCUT2D eigenvalue weighted by atomic mass is 9.99. The number of benzene rings is 2. The molecule has 2 rings (SSSR count). The number of hydrogen-bond donors (Lipinski definition) is 0. The van der Waals surface area contributed by atoms with Crippen molar-refractivity contribution in [3.63, 3.8) is 0 Å². The van der Waals surface area contributed by atoms with Crippen LogP contribution in [0.15, 0.2) is 30.3 Å². The third-order valence-electron chi connectivity index (χ3n) is 2.98. The highest BCUT2D eigenvalue weighted by atomic mass is 35.5. The molecule has 0 saturated carbocycles. The summed E-state index contributed by atoms with van der Waals surface area (Å²) < 4.78 is 27.4. The second kappa shape index (κ2) is 5.48. The van der Waals surface area contributed by atoms with Gasteiger partial charge in [-0.25, -0.2) is 8.78 Å². The zero-order valence-corrected chi connectivity index (χ0v) is 12.0. The van der Waals surface area contributed by atoms with E-state index in [0.717, 1.165) is 0 Å². The Labute approximate surface area is 121 Å². The minimum absolute atomic E-state index is 0.265. The van der Waals surface area contributed by atoms with Crippen molar-refractivity contribution in [2.75, 3.05) is 0 Å². The predicted octanol–water partition coefficient (Wildman–Crippen LogP) is 5.56. The van der Waals surface area contributed by atoms with Gasteiger partial charge in [-0.2, -0.15) is 0 Å². The molecule has 0 saturated heterocycles. The molecule has 0 N–H and O–H groups in total. The number of hydrogen-bond acceptors (Lipinski definition) is 0. The molecule has 100 valence electrons. The largest absolute Gasteiger partial charge is 0.207 e. The summed E-state index contributed by atoms with van der Waals surface area (Å²) in [5.41, 5.74) is 1.92. The van der Waals surface area contributed by atoms with E-state index < -0.39 is 11.2 Å². The molecule has 19 heavy (non-hydrogen) atoms. The molecule has 0 bridgehead atoms. The maximum absolute atomic E-state index is 13.8. The minimum Gasteiger partial charge on any atom is -0.207 e. The molecule has 0 aliphatic carbocycles. The monoisotopic (exact) mass is 300 g/mol. The van der Waals surface area contributed by atoms with Gasteiger partial charge in [0, 0.05) is 10.6 Å². The van der Waals surface area contributed by atoms with Crippen LogP contribution in [0.4, 0.5) is 8.78 Å². The Morgan fingerprint density at radius 2 is 1.58 bits per heavy atom. The van der Waals surface area contributed by atoms with Crippen LogP contribution in [0.2, 0.25) is 5.02 Å². The van der Waals surface area contributed by atoms with Gasteiger partial charge in [0.25, 0.3) is 0 Å². The molecule has 0 fully saturated rings. The smallest absolute Gasteiger partial charge is 0.129 e. The number of aryl methyl sites for hydroxylation is 2. The van der Waals surface area contributed by atoms with Gasteiger partial charge in [0.1, 0.15) is 11.6 Å². The minimum atomic E-state index is -0.698. The van der Waals surface area contributed by atoms with E-state index in [1.807, 2.05) is 0 Å². The van der Waals surface area contributed by atoms with Crippen LogP contribution < -0.4 is 0 Å². The average molecular weight is 301 g/mol. The van der Waals surface area contributed by atoms with Crippen molar-refractivity contribution in [3.05, 3.63) is 69.2 Å². The van der Waals surface area contributed by atoms with Gasteiger partial charge < -0.3 is 0 Å². The van der Waals surface area contributed by atoms with Gasteiger partial charge in [0.2, 0.25) is 0 Å². The number of rotatable bonds is 2. The molecule has 1 atom stereocenters. The van der Waals surface area contributed by atoms with Gasteiger partial charge in [-0.3, -0.25) is 0 Å². The van der Waals surface area contributed by atoms with Crippen LogP contribution in [0.1, 0.15) is 27.6 Å². The Bertz CT molecular complexity index is 601. The molecule has 0 radical (unpaired) electrons. The molecule has 0 nitrogen and oxygen atoms in total. The molecule has 0 aliphatic heterocycles. The van der Waals surface area contributed by atoms with Gasteiger partial charge >= 0.3 is 0 Å². The fourth-order valence-corrected chi connectivity index (χ4v) is 2.49. The van der Waals surface area contributed by atoms with Crippen molar-refractivity contribution in [1.29, 1.82) is 0 Å². The number of halogens is 4. The lowest BCUT2D eigenvalue weighted by Crippen LogP contribution is -2.00. The molecule has 2 aromatic carbocycles. The van der Waals surface area contributed by atoms with E-state index in [4.69, 9.17) is 23.2 Å². The zero-order chi connectivity index (χ0) is 14.2. The van der Waals surface area contributed by atoms with Gasteiger partial charge in [0.15, 0.2) is 0 Å². The van der Waals surface area contributed by atoms with Crippen LogP contribution in [0, 0.1) is 25.5 Å². The standard InChI is InChI=1S/C15H12Cl2F2/c1-8-5-10(6-9(2)15(8)19)14(17)12-7-11(16)3-4-13(12)18/h3-7,14H,1-2H3. The Hall–Kier alpha value is -1.12. The first-order chi connectivity index (χ1) is 8.90. The molecule has 1 unspecified atom stereocenters. The molecule has 0 aliphatic rings. The topological polar surface area (TPSA) is 0 Å². The maximum atomic E-state index is 13.8. The van der Waals surface area contributed by atoms with Crippen LogP contribution >= 0.6 is 23.2 Å². The SMILES string of the molecule is Cc1cc(C(Cl)c2cc(Cl)ccc2F)cc(C)c1F. The first kappa shape index (κ1) is 14.3. The van der Waals surface area contributed by atoms with Crippen molar-refractivity contribution < 1.29 is 8.78 Å². The highest BCUT2D eigenvalue weighted by molar-refractivity contribution is 6.30. The van der Waals surface area contributed by atoms with E-state index in [0.29, 0.717) is 27.3 Å². The first-order valence-corrected chi connectivity index (χ1v) is 6.57. The van der Waals surface area contributed by atoms with E-state index in [-0.39, 0.29) is 5.82 Å². The molecule has 0 amide bonds. The Balaban J connectivity index is 2.49. The summed E-state index contributed by atoms with van der Waals surface area (Å²) in [6, 6.07) is 7.48. The summed E-state index contributed by atoms with van der Waals surface area (Å²) in [5, 5.41) is -0.283. The number of alkyl halides is 1. The van der Waals surface area contributed by atoms with E-state index in [2.05, 4.69) is 0 Å². The molecule has 4 heteroatoms. The quantitative estimate of drug-likeness (QED) is 0.637. The van der Waals surface area contributed by atoms with Crippen molar-refractivity contribution >= 4 is 23.2 Å². The van der Waals surface area contributed by atoms with Crippen molar-refractivity contribution in [2.24, 2.45) is 0 Å².